The minimum atomic E-state index is -0.279. The van der Waals surface area contributed by atoms with Gasteiger partial charge in [0.05, 0.1) is 0 Å². The number of hydrogen-bond donors (Lipinski definition) is 1. The van der Waals surface area contributed by atoms with Crippen LogP contribution in [0.3, 0.4) is 0 Å². The largest absolute Gasteiger partial charge is 0.504 e. The first kappa shape index (κ1) is 8.30. The van der Waals surface area contributed by atoms with E-state index in [4.69, 9.17) is 0 Å². The molecule has 0 aromatic heterocycles. The Hall–Kier alpha value is -1.31. The minimum Gasteiger partial charge on any atom is -0.504 e. The zero-order valence-electron chi connectivity index (χ0n) is 7.53. The highest BCUT2D eigenvalue weighted by Gasteiger charge is 2.35. The molecule has 0 amide bonds. The van der Waals surface area contributed by atoms with Crippen molar-refractivity contribution in [1.82, 2.24) is 0 Å². The lowest BCUT2D eigenvalue weighted by atomic mass is 10.1. The highest BCUT2D eigenvalue weighted by molar-refractivity contribution is 5.37. The van der Waals surface area contributed by atoms with Crippen molar-refractivity contribution in [3.63, 3.8) is 0 Å². The fraction of sp³-hybridized carbons (Fsp3) is 0.364. The molecule has 68 valence electrons. The highest BCUT2D eigenvalue weighted by Crippen LogP contribution is 2.48. The standard InChI is InChI=1S/C11H12O2/c1-7-6-9(7)8-4-2-3-5-10(12)11(8)13/h2-5,7,9H,6H2,1H3,(H,12,13)/t7-,9?/m1/s1. The van der Waals surface area contributed by atoms with E-state index >= 15 is 0 Å². The van der Waals surface area contributed by atoms with Gasteiger partial charge in [-0.2, -0.15) is 0 Å². The van der Waals surface area contributed by atoms with E-state index in [-0.39, 0.29) is 11.2 Å². The maximum absolute atomic E-state index is 11.2. The molecule has 0 heterocycles. The Morgan fingerprint density at radius 3 is 2.62 bits per heavy atom. The van der Waals surface area contributed by atoms with Crippen LogP contribution in [0.4, 0.5) is 0 Å². The van der Waals surface area contributed by atoms with Crippen LogP contribution in [-0.2, 0) is 0 Å². The molecule has 1 aliphatic carbocycles. The Kier molecular flexibility index (Phi) is 1.83. The van der Waals surface area contributed by atoms with E-state index in [9.17, 15) is 9.90 Å². The summed E-state index contributed by atoms with van der Waals surface area (Å²) in [7, 11) is 0. The quantitative estimate of drug-likeness (QED) is 0.709. The van der Waals surface area contributed by atoms with E-state index in [2.05, 4.69) is 6.92 Å². The zero-order valence-corrected chi connectivity index (χ0v) is 7.53. The molecular weight excluding hydrogens is 164 g/mol. The topological polar surface area (TPSA) is 37.3 Å². The van der Waals surface area contributed by atoms with Crippen LogP contribution in [0.25, 0.3) is 0 Å². The van der Waals surface area contributed by atoms with Crippen molar-refractivity contribution in [1.29, 1.82) is 0 Å². The Bertz CT molecular complexity index is 384. The van der Waals surface area contributed by atoms with E-state index in [1.165, 1.54) is 6.07 Å². The van der Waals surface area contributed by atoms with Gasteiger partial charge in [0, 0.05) is 5.56 Å². The van der Waals surface area contributed by atoms with Gasteiger partial charge in [0.1, 0.15) is 0 Å². The maximum atomic E-state index is 11.2. The molecule has 1 aromatic carbocycles. The van der Waals surface area contributed by atoms with Crippen molar-refractivity contribution < 1.29 is 5.11 Å². The lowest BCUT2D eigenvalue weighted by molar-refractivity contribution is 0.463. The molecule has 1 aliphatic rings. The molecule has 0 radical (unpaired) electrons. The number of aromatic hydroxyl groups is 1. The predicted molar refractivity (Wildman–Crippen MR) is 50.9 cm³/mol. The third-order valence-electron chi connectivity index (χ3n) is 2.65. The lowest BCUT2D eigenvalue weighted by Crippen LogP contribution is -1.96. The highest BCUT2D eigenvalue weighted by atomic mass is 16.3. The van der Waals surface area contributed by atoms with Gasteiger partial charge in [-0.25, -0.2) is 0 Å². The van der Waals surface area contributed by atoms with Crippen molar-refractivity contribution in [2.45, 2.75) is 19.3 Å². The maximum Gasteiger partial charge on any atom is 0.220 e. The molecule has 1 saturated carbocycles. The van der Waals surface area contributed by atoms with Gasteiger partial charge in [-0.1, -0.05) is 25.1 Å². The fourth-order valence-electron chi connectivity index (χ4n) is 1.66. The van der Waals surface area contributed by atoms with Gasteiger partial charge in [-0.3, -0.25) is 4.79 Å². The summed E-state index contributed by atoms with van der Waals surface area (Å²) in [5, 5.41) is 9.57. The lowest BCUT2D eigenvalue weighted by Gasteiger charge is -1.96. The van der Waals surface area contributed by atoms with Gasteiger partial charge in [-0.15, -0.1) is 0 Å². The van der Waals surface area contributed by atoms with Gasteiger partial charge in [0.15, 0.2) is 5.75 Å². The molecule has 1 fully saturated rings. The Balaban J connectivity index is 2.53. The van der Waals surface area contributed by atoms with Gasteiger partial charge < -0.3 is 5.11 Å². The van der Waals surface area contributed by atoms with Crippen LogP contribution in [0.5, 0.6) is 5.75 Å². The van der Waals surface area contributed by atoms with Gasteiger partial charge >= 0.3 is 0 Å². The average Bonchev–Trinajstić information content (AvgIpc) is 2.82. The van der Waals surface area contributed by atoms with E-state index in [1.54, 1.807) is 6.07 Å². The van der Waals surface area contributed by atoms with Gasteiger partial charge in [-0.05, 0) is 24.3 Å². The molecule has 0 bridgehead atoms. The van der Waals surface area contributed by atoms with Crippen LogP contribution in [-0.4, -0.2) is 5.11 Å². The first-order valence-corrected chi connectivity index (χ1v) is 4.52. The molecule has 1 N–H and O–H groups in total. The van der Waals surface area contributed by atoms with Crippen LogP contribution in [0, 0.1) is 5.92 Å². The summed E-state index contributed by atoms with van der Waals surface area (Å²) in [4.78, 5) is 11.2. The summed E-state index contributed by atoms with van der Waals surface area (Å²) in [5.41, 5.74) is 0.529. The third kappa shape index (κ3) is 1.44. The molecule has 2 nitrogen and oxygen atoms in total. The van der Waals surface area contributed by atoms with Crippen LogP contribution in [0.1, 0.15) is 24.8 Å². The minimum absolute atomic E-state index is 0.0700. The van der Waals surface area contributed by atoms with Gasteiger partial charge in [0.25, 0.3) is 0 Å². The monoisotopic (exact) mass is 176 g/mol. The summed E-state index contributed by atoms with van der Waals surface area (Å²) in [5.74, 6) is 0.923. The summed E-state index contributed by atoms with van der Waals surface area (Å²) in [6, 6.07) is 6.71. The molecule has 2 heteroatoms. The van der Waals surface area contributed by atoms with Crippen LogP contribution in [0.2, 0.25) is 0 Å². The Labute approximate surface area is 76.9 Å². The number of rotatable bonds is 1. The summed E-state index contributed by atoms with van der Waals surface area (Å²) < 4.78 is 0. The van der Waals surface area contributed by atoms with E-state index in [0.717, 1.165) is 12.0 Å². The predicted octanol–water partition coefficient (Wildman–Crippen LogP) is 1.88. The van der Waals surface area contributed by atoms with Crippen molar-refractivity contribution >= 4 is 0 Å². The summed E-state index contributed by atoms with van der Waals surface area (Å²) in [6.45, 7) is 2.13. The smallest absolute Gasteiger partial charge is 0.220 e. The van der Waals surface area contributed by atoms with Crippen LogP contribution in [0.15, 0.2) is 29.1 Å². The first-order valence-electron chi connectivity index (χ1n) is 4.52. The van der Waals surface area contributed by atoms with Crippen LogP contribution < -0.4 is 5.43 Å². The molecule has 13 heavy (non-hydrogen) atoms. The molecule has 2 atom stereocenters. The average molecular weight is 176 g/mol. The third-order valence-corrected chi connectivity index (χ3v) is 2.65. The molecule has 0 aliphatic heterocycles. The fourth-order valence-corrected chi connectivity index (χ4v) is 1.66. The second kappa shape index (κ2) is 2.87. The zero-order chi connectivity index (χ0) is 9.42. The van der Waals surface area contributed by atoms with Gasteiger partial charge in [0.2, 0.25) is 5.43 Å². The molecule has 0 saturated heterocycles. The van der Waals surface area contributed by atoms with Crippen LogP contribution >= 0.6 is 0 Å². The molecular formula is C11H12O2. The van der Waals surface area contributed by atoms with E-state index in [0.29, 0.717) is 11.8 Å². The summed E-state index contributed by atoms with van der Waals surface area (Å²) in [6.07, 6.45) is 1.08. The number of hydrogen-bond acceptors (Lipinski definition) is 2. The first-order chi connectivity index (χ1) is 6.20. The molecule has 1 aromatic rings. The Morgan fingerprint density at radius 1 is 1.38 bits per heavy atom. The second-order valence-corrected chi connectivity index (χ2v) is 3.71. The van der Waals surface area contributed by atoms with Crippen molar-refractivity contribution in [3.05, 3.63) is 40.1 Å². The van der Waals surface area contributed by atoms with E-state index in [1.807, 2.05) is 12.1 Å². The van der Waals surface area contributed by atoms with Crippen molar-refractivity contribution in [3.8, 4) is 5.75 Å². The second-order valence-electron chi connectivity index (χ2n) is 3.71. The SMILES string of the molecule is C[C@@H]1CC1c1ccccc(=O)c1O. The normalized spacial score (nSPS) is 25.6. The summed E-state index contributed by atoms with van der Waals surface area (Å²) >= 11 is 0. The van der Waals surface area contributed by atoms with E-state index < -0.39 is 0 Å². The molecule has 1 unspecified atom stereocenters. The van der Waals surface area contributed by atoms with Crippen molar-refractivity contribution in [2.75, 3.05) is 0 Å². The van der Waals surface area contributed by atoms with Crippen molar-refractivity contribution in [2.24, 2.45) is 5.92 Å². The molecule has 2 rings (SSSR count). The molecule has 0 spiro atoms. The Morgan fingerprint density at radius 2 is 2.00 bits per heavy atom.